The molecule has 2 heterocycles. The van der Waals surface area contributed by atoms with Crippen molar-refractivity contribution in [3.8, 4) is 0 Å². The van der Waals surface area contributed by atoms with Gasteiger partial charge in [-0.2, -0.15) is 11.8 Å². The quantitative estimate of drug-likeness (QED) is 0.592. The molecule has 0 amide bonds. The van der Waals surface area contributed by atoms with Crippen LogP contribution in [-0.2, 0) is 0 Å². The van der Waals surface area contributed by atoms with E-state index in [1.807, 2.05) is 11.8 Å². The average Bonchev–Trinajstić information content (AvgIpc) is 2.56. The van der Waals surface area contributed by atoms with E-state index in [1.165, 1.54) is 28.5 Å². The van der Waals surface area contributed by atoms with Crippen molar-refractivity contribution in [3.63, 3.8) is 0 Å². The molecule has 0 saturated carbocycles. The van der Waals surface area contributed by atoms with Gasteiger partial charge in [0.15, 0.2) is 0 Å². The van der Waals surface area contributed by atoms with Crippen molar-refractivity contribution in [1.82, 2.24) is 0 Å². The van der Waals surface area contributed by atoms with Gasteiger partial charge in [0.1, 0.15) is 0 Å². The van der Waals surface area contributed by atoms with Crippen molar-refractivity contribution in [3.05, 3.63) is 34.8 Å². The van der Waals surface area contributed by atoms with Crippen LogP contribution in [-0.4, -0.2) is 17.5 Å². The van der Waals surface area contributed by atoms with Crippen LogP contribution in [0.1, 0.15) is 6.42 Å². The van der Waals surface area contributed by atoms with Crippen LogP contribution in [0.15, 0.2) is 29.3 Å². The molecule has 0 N–H and O–H groups in total. The van der Waals surface area contributed by atoms with Crippen LogP contribution in [0.3, 0.4) is 0 Å². The second-order valence-corrected chi connectivity index (χ2v) is 4.63. The molecule has 0 aromatic heterocycles. The molecule has 0 radical (unpaired) electrons. The fourth-order valence-electron chi connectivity index (χ4n) is 2.07. The second kappa shape index (κ2) is 2.88. The summed E-state index contributed by atoms with van der Waals surface area (Å²) in [5.41, 5.74) is 1.56. The summed E-state index contributed by atoms with van der Waals surface area (Å²) in [7, 11) is 0. The lowest BCUT2D eigenvalue weighted by molar-refractivity contribution is 0.789. The fraction of sp³-hybridized carbons (Fsp3) is 0.364. The summed E-state index contributed by atoms with van der Waals surface area (Å²) in [5.74, 6) is 2.46. The Bertz CT molecular complexity index is 449. The second-order valence-electron chi connectivity index (χ2n) is 3.53. The third-order valence-corrected chi connectivity index (χ3v) is 3.78. The first-order valence-corrected chi connectivity index (χ1v) is 5.84. The van der Waals surface area contributed by atoms with E-state index in [0.29, 0.717) is 6.04 Å². The van der Waals surface area contributed by atoms with Gasteiger partial charge >= 0.3 is 0 Å². The van der Waals surface area contributed by atoms with E-state index in [0.717, 1.165) is 0 Å². The lowest BCUT2D eigenvalue weighted by Crippen LogP contribution is -2.24. The van der Waals surface area contributed by atoms with Gasteiger partial charge in [-0.15, -0.1) is 0 Å². The minimum Gasteiger partial charge on any atom is -0.277 e. The highest BCUT2D eigenvalue weighted by molar-refractivity contribution is 7.99. The predicted octanol–water partition coefficient (Wildman–Crippen LogP) is 0.976. The Kier molecular flexibility index (Phi) is 1.69. The van der Waals surface area contributed by atoms with Crippen molar-refractivity contribution in [2.75, 3.05) is 11.5 Å². The molecule has 3 rings (SSSR count). The molecule has 2 aliphatic rings. The van der Waals surface area contributed by atoms with E-state index >= 15 is 0 Å². The molecule has 0 bridgehead atoms. The summed E-state index contributed by atoms with van der Waals surface area (Å²) in [5, 5.41) is 2.62. The molecule has 2 aliphatic heterocycles. The van der Waals surface area contributed by atoms with Crippen LogP contribution >= 0.6 is 11.8 Å². The first-order chi connectivity index (χ1) is 6.45. The van der Waals surface area contributed by atoms with E-state index in [-0.39, 0.29) is 0 Å². The Morgan fingerprint density at radius 2 is 2.23 bits per heavy atom. The van der Waals surface area contributed by atoms with E-state index in [4.69, 9.17) is 4.99 Å². The fourth-order valence-corrected chi connectivity index (χ4v) is 3.17. The van der Waals surface area contributed by atoms with Crippen LogP contribution < -0.4 is 10.6 Å². The van der Waals surface area contributed by atoms with Crippen LogP contribution in [0.2, 0.25) is 0 Å². The van der Waals surface area contributed by atoms with Gasteiger partial charge < -0.3 is 0 Å². The van der Waals surface area contributed by atoms with Gasteiger partial charge in [0.2, 0.25) is 0 Å². The third-order valence-electron chi connectivity index (χ3n) is 2.74. The molecule has 1 atom stereocenters. The Balaban J connectivity index is 2.29. The lowest BCUT2D eigenvalue weighted by Gasteiger charge is -2.17. The van der Waals surface area contributed by atoms with Crippen LogP contribution in [0.25, 0.3) is 5.57 Å². The van der Waals surface area contributed by atoms with Crippen molar-refractivity contribution in [2.24, 2.45) is 4.99 Å². The Labute approximate surface area is 81.6 Å². The zero-order chi connectivity index (χ0) is 8.67. The third kappa shape index (κ3) is 1.12. The number of benzene rings is 1. The standard InChI is InChI=1S/C11H11NS/c1-2-4-10-8(3-1)9-7-13-6-5-11(9)12-10/h1-4,11H,5-7H2. The summed E-state index contributed by atoms with van der Waals surface area (Å²) in [4.78, 5) is 4.72. The summed E-state index contributed by atoms with van der Waals surface area (Å²) in [6, 6.07) is 9.04. The molecule has 1 unspecified atom stereocenters. The van der Waals surface area contributed by atoms with Crippen LogP contribution in [0.4, 0.5) is 0 Å². The van der Waals surface area contributed by atoms with Crippen molar-refractivity contribution in [1.29, 1.82) is 0 Å². The first kappa shape index (κ1) is 7.63. The topological polar surface area (TPSA) is 12.4 Å². The number of para-hydroxylation sites is 1. The van der Waals surface area contributed by atoms with Gasteiger partial charge in [-0.3, -0.25) is 4.99 Å². The molecular formula is C11H11NS. The maximum atomic E-state index is 4.72. The molecule has 66 valence electrons. The van der Waals surface area contributed by atoms with Gasteiger partial charge in [-0.1, -0.05) is 18.2 Å². The SMILES string of the molecule is c1ccc2c(c1)=NC1CCSCC=21. The Morgan fingerprint density at radius 3 is 3.23 bits per heavy atom. The van der Waals surface area contributed by atoms with E-state index in [2.05, 4.69) is 24.3 Å². The molecule has 0 spiro atoms. The molecule has 1 aromatic carbocycles. The van der Waals surface area contributed by atoms with Gasteiger partial charge in [0, 0.05) is 11.0 Å². The highest BCUT2D eigenvalue weighted by Crippen LogP contribution is 2.25. The molecule has 2 heteroatoms. The Hall–Kier alpha value is -0.760. The average molecular weight is 189 g/mol. The normalized spacial score (nSPS) is 24.9. The summed E-state index contributed by atoms with van der Waals surface area (Å²) in [6.07, 6.45) is 1.23. The van der Waals surface area contributed by atoms with Gasteiger partial charge in [0.05, 0.1) is 11.4 Å². The maximum absolute atomic E-state index is 4.72. The summed E-state index contributed by atoms with van der Waals surface area (Å²) >= 11 is 2.04. The van der Waals surface area contributed by atoms with E-state index < -0.39 is 0 Å². The van der Waals surface area contributed by atoms with Crippen molar-refractivity contribution >= 4 is 17.3 Å². The van der Waals surface area contributed by atoms with Crippen LogP contribution in [0, 0.1) is 0 Å². The maximum Gasteiger partial charge on any atom is 0.0742 e. The van der Waals surface area contributed by atoms with Crippen LogP contribution in [0.5, 0.6) is 0 Å². The summed E-state index contributed by atoms with van der Waals surface area (Å²) < 4.78 is 0. The molecule has 1 nitrogen and oxygen atoms in total. The highest BCUT2D eigenvalue weighted by Gasteiger charge is 2.22. The molecular weight excluding hydrogens is 178 g/mol. The zero-order valence-corrected chi connectivity index (χ0v) is 8.18. The monoisotopic (exact) mass is 189 g/mol. The minimum atomic E-state index is 0.513. The van der Waals surface area contributed by atoms with Crippen molar-refractivity contribution in [2.45, 2.75) is 12.5 Å². The number of nitrogens with zero attached hydrogens (tertiary/aromatic N) is 1. The first-order valence-electron chi connectivity index (χ1n) is 4.69. The molecule has 1 fully saturated rings. The van der Waals surface area contributed by atoms with Gasteiger partial charge in [-0.05, 0) is 23.8 Å². The van der Waals surface area contributed by atoms with Gasteiger partial charge in [0.25, 0.3) is 0 Å². The molecule has 0 aliphatic carbocycles. The molecule has 1 saturated heterocycles. The van der Waals surface area contributed by atoms with E-state index in [1.54, 1.807) is 5.57 Å². The molecule has 13 heavy (non-hydrogen) atoms. The number of rotatable bonds is 0. The highest BCUT2D eigenvalue weighted by atomic mass is 32.2. The minimum absolute atomic E-state index is 0.513. The largest absolute Gasteiger partial charge is 0.277 e. The number of hydrogen-bond donors (Lipinski definition) is 0. The Morgan fingerprint density at radius 1 is 1.31 bits per heavy atom. The molecule has 1 aromatic rings. The smallest absolute Gasteiger partial charge is 0.0742 e. The van der Waals surface area contributed by atoms with E-state index in [9.17, 15) is 0 Å². The van der Waals surface area contributed by atoms with Crippen molar-refractivity contribution < 1.29 is 0 Å². The predicted molar refractivity (Wildman–Crippen MR) is 56.4 cm³/mol. The van der Waals surface area contributed by atoms with Gasteiger partial charge in [-0.25, -0.2) is 0 Å². The number of thioether (sulfide) groups is 1. The number of fused-ring (bicyclic) bond motifs is 2. The number of hydrogen-bond acceptors (Lipinski definition) is 2. The lowest BCUT2D eigenvalue weighted by atomic mass is 10.1. The zero-order valence-electron chi connectivity index (χ0n) is 7.36. The summed E-state index contributed by atoms with van der Waals surface area (Å²) in [6.45, 7) is 0.